The van der Waals surface area contributed by atoms with Crippen LogP contribution in [0.4, 0.5) is 0 Å². The molecule has 8 heteroatoms. The highest BCUT2D eigenvalue weighted by Crippen LogP contribution is 2.28. The van der Waals surface area contributed by atoms with Gasteiger partial charge < -0.3 is 9.32 Å². The Morgan fingerprint density at radius 1 is 1.32 bits per heavy atom. The Labute approximate surface area is 167 Å². The molecule has 1 aliphatic rings. The highest BCUT2D eigenvalue weighted by atomic mass is 35.5. The number of hydrogen-bond donors (Lipinski definition) is 1. The van der Waals surface area contributed by atoms with Crippen molar-refractivity contribution in [2.45, 2.75) is 45.1 Å². The number of H-pyrrole nitrogens is 1. The fourth-order valence-corrected chi connectivity index (χ4v) is 3.85. The Balaban J connectivity index is 1.61. The summed E-state index contributed by atoms with van der Waals surface area (Å²) in [4.78, 5) is 27.2. The smallest absolute Gasteiger partial charge is 0.408 e. The third-order valence-corrected chi connectivity index (χ3v) is 5.46. The predicted octanol–water partition coefficient (Wildman–Crippen LogP) is 3.75. The number of rotatable bonds is 2. The fourth-order valence-electron chi connectivity index (χ4n) is 3.68. The number of piperidine rings is 1. The second-order valence-electron chi connectivity index (χ2n) is 8.31. The minimum atomic E-state index is -0.425. The molecule has 4 rings (SSSR count). The summed E-state index contributed by atoms with van der Waals surface area (Å²) in [6.45, 7) is 7.25. The molecule has 1 aromatic carbocycles. The van der Waals surface area contributed by atoms with E-state index in [-0.39, 0.29) is 17.4 Å². The van der Waals surface area contributed by atoms with Gasteiger partial charge in [-0.05, 0) is 37.1 Å². The van der Waals surface area contributed by atoms with Gasteiger partial charge in [-0.1, -0.05) is 32.4 Å². The third kappa shape index (κ3) is 3.35. The van der Waals surface area contributed by atoms with Crippen molar-refractivity contribution < 1.29 is 9.21 Å². The van der Waals surface area contributed by atoms with Crippen molar-refractivity contribution in [3.05, 3.63) is 51.2 Å². The number of fused-ring (bicyclic) bond motifs is 1. The lowest BCUT2D eigenvalue weighted by Crippen LogP contribution is -2.42. The number of carbonyl (C=O) groups is 1. The van der Waals surface area contributed by atoms with E-state index in [2.05, 4.69) is 31.0 Å². The molecule has 1 aliphatic heterocycles. The Hall–Kier alpha value is -2.54. The van der Waals surface area contributed by atoms with Crippen LogP contribution in [0.5, 0.6) is 0 Å². The average molecular weight is 403 g/mol. The van der Waals surface area contributed by atoms with Gasteiger partial charge in [-0.2, -0.15) is 5.10 Å². The van der Waals surface area contributed by atoms with E-state index in [9.17, 15) is 9.59 Å². The van der Waals surface area contributed by atoms with Gasteiger partial charge in [-0.15, -0.1) is 0 Å². The fraction of sp³-hybridized carbons (Fsp3) is 0.450. The first kappa shape index (κ1) is 18.8. The van der Waals surface area contributed by atoms with Crippen LogP contribution in [0.1, 0.15) is 55.8 Å². The minimum absolute atomic E-state index is 0.113. The number of carbonyl (C=O) groups excluding carboxylic acids is 1. The van der Waals surface area contributed by atoms with E-state index in [1.54, 1.807) is 27.7 Å². The van der Waals surface area contributed by atoms with Gasteiger partial charge in [-0.3, -0.25) is 14.5 Å². The first-order valence-corrected chi connectivity index (χ1v) is 9.77. The zero-order valence-electron chi connectivity index (χ0n) is 16.2. The van der Waals surface area contributed by atoms with Gasteiger partial charge in [0.25, 0.3) is 5.91 Å². The largest absolute Gasteiger partial charge is 0.420 e. The number of nitrogens with one attached hydrogen (secondary N) is 1. The molecule has 3 aromatic rings. The Bertz CT molecular complexity index is 1090. The molecule has 0 spiro atoms. The summed E-state index contributed by atoms with van der Waals surface area (Å²) in [7, 11) is 0. The second kappa shape index (κ2) is 6.81. The van der Waals surface area contributed by atoms with E-state index < -0.39 is 5.76 Å². The van der Waals surface area contributed by atoms with Crippen LogP contribution in [0.15, 0.2) is 33.5 Å². The van der Waals surface area contributed by atoms with Crippen LogP contribution in [0.3, 0.4) is 0 Å². The lowest BCUT2D eigenvalue weighted by molar-refractivity contribution is 0.0671. The number of hydrogen-bond acceptors (Lipinski definition) is 4. The van der Waals surface area contributed by atoms with Gasteiger partial charge in [0.1, 0.15) is 5.69 Å². The Kier molecular flexibility index (Phi) is 4.57. The standard InChI is InChI=1S/C20H23ClN4O3/c1-20(2,3)17-10-14(22-23-17)18(26)24-8-4-5-13(11-24)25-15-9-12(21)6-7-16(15)28-19(25)27/h6-7,9-10,13H,4-5,8,11H2,1-3H3,(H,22,23)/t13-/m0/s1. The van der Waals surface area contributed by atoms with E-state index >= 15 is 0 Å². The molecule has 1 amide bonds. The number of nitrogens with zero attached hydrogens (tertiary/aromatic N) is 3. The molecular weight excluding hydrogens is 380 g/mol. The molecule has 28 heavy (non-hydrogen) atoms. The summed E-state index contributed by atoms with van der Waals surface area (Å²) >= 11 is 6.10. The second-order valence-corrected chi connectivity index (χ2v) is 8.75. The normalized spacial score (nSPS) is 18.0. The number of benzene rings is 1. The van der Waals surface area contributed by atoms with Gasteiger partial charge in [0, 0.05) is 29.2 Å². The quantitative estimate of drug-likeness (QED) is 0.707. The lowest BCUT2D eigenvalue weighted by atomic mass is 9.92. The minimum Gasteiger partial charge on any atom is -0.408 e. The van der Waals surface area contributed by atoms with Crippen LogP contribution in [0, 0.1) is 0 Å². The summed E-state index contributed by atoms with van der Waals surface area (Å²) in [6.07, 6.45) is 1.59. The molecule has 0 bridgehead atoms. The van der Waals surface area contributed by atoms with Crippen LogP contribution in [0.2, 0.25) is 5.02 Å². The molecule has 0 radical (unpaired) electrons. The van der Waals surface area contributed by atoms with Gasteiger partial charge in [-0.25, -0.2) is 4.79 Å². The van der Waals surface area contributed by atoms with Crippen molar-refractivity contribution in [2.75, 3.05) is 13.1 Å². The number of amides is 1. The monoisotopic (exact) mass is 402 g/mol. The van der Waals surface area contributed by atoms with E-state index in [0.29, 0.717) is 34.9 Å². The van der Waals surface area contributed by atoms with Gasteiger partial charge in [0.15, 0.2) is 5.58 Å². The summed E-state index contributed by atoms with van der Waals surface area (Å²) in [6, 6.07) is 6.76. The van der Waals surface area contributed by atoms with Gasteiger partial charge >= 0.3 is 5.76 Å². The topological polar surface area (TPSA) is 84.1 Å². The van der Waals surface area contributed by atoms with Crippen LogP contribution >= 0.6 is 11.6 Å². The molecule has 7 nitrogen and oxygen atoms in total. The maximum atomic E-state index is 13.0. The highest BCUT2D eigenvalue weighted by Gasteiger charge is 2.30. The number of halogens is 1. The SMILES string of the molecule is CC(C)(C)c1cc(C(=O)N2CCC[C@H](n3c(=O)oc4ccc(Cl)cc43)C2)n[nH]1. The van der Waals surface area contributed by atoms with Crippen LogP contribution in [0.25, 0.3) is 11.1 Å². The highest BCUT2D eigenvalue weighted by molar-refractivity contribution is 6.31. The zero-order valence-corrected chi connectivity index (χ0v) is 16.9. The van der Waals surface area contributed by atoms with Crippen LogP contribution in [-0.4, -0.2) is 38.7 Å². The zero-order chi connectivity index (χ0) is 20.1. The molecule has 1 N–H and O–H groups in total. The molecular formula is C20H23ClN4O3. The van der Waals surface area contributed by atoms with Crippen molar-refractivity contribution in [1.29, 1.82) is 0 Å². The molecule has 1 saturated heterocycles. The molecule has 148 valence electrons. The van der Waals surface area contributed by atoms with Crippen molar-refractivity contribution in [3.63, 3.8) is 0 Å². The number of oxazole rings is 1. The summed E-state index contributed by atoms with van der Waals surface area (Å²) < 4.78 is 6.97. The van der Waals surface area contributed by atoms with Crippen molar-refractivity contribution >= 4 is 28.6 Å². The van der Waals surface area contributed by atoms with E-state index in [0.717, 1.165) is 18.5 Å². The maximum absolute atomic E-state index is 13.0. The summed E-state index contributed by atoms with van der Waals surface area (Å²) in [5.74, 6) is -0.554. The maximum Gasteiger partial charge on any atom is 0.420 e. The summed E-state index contributed by atoms with van der Waals surface area (Å²) in [5, 5.41) is 7.70. The first-order valence-electron chi connectivity index (χ1n) is 9.40. The number of aromatic nitrogens is 3. The van der Waals surface area contributed by atoms with E-state index in [1.807, 2.05) is 6.07 Å². The number of aromatic amines is 1. The summed E-state index contributed by atoms with van der Waals surface area (Å²) in [5.41, 5.74) is 2.36. The van der Waals surface area contributed by atoms with Gasteiger partial charge in [0.05, 0.1) is 11.6 Å². The van der Waals surface area contributed by atoms with E-state index in [4.69, 9.17) is 16.0 Å². The molecule has 0 unspecified atom stereocenters. The molecule has 2 aromatic heterocycles. The molecule has 0 aliphatic carbocycles. The lowest BCUT2D eigenvalue weighted by Gasteiger charge is -2.32. The van der Waals surface area contributed by atoms with Crippen molar-refractivity contribution in [3.8, 4) is 0 Å². The van der Waals surface area contributed by atoms with Crippen LogP contribution in [-0.2, 0) is 5.41 Å². The predicted molar refractivity (Wildman–Crippen MR) is 107 cm³/mol. The van der Waals surface area contributed by atoms with Crippen LogP contribution < -0.4 is 5.76 Å². The first-order chi connectivity index (χ1) is 13.2. The van der Waals surface area contributed by atoms with Crippen molar-refractivity contribution in [2.24, 2.45) is 0 Å². The molecule has 1 atom stereocenters. The number of likely N-dealkylation sites (tertiary alicyclic amines) is 1. The Morgan fingerprint density at radius 2 is 2.11 bits per heavy atom. The molecule has 3 heterocycles. The third-order valence-electron chi connectivity index (χ3n) is 5.23. The van der Waals surface area contributed by atoms with Gasteiger partial charge in [0.2, 0.25) is 0 Å². The Morgan fingerprint density at radius 3 is 2.82 bits per heavy atom. The van der Waals surface area contributed by atoms with E-state index in [1.165, 1.54) is 0 Å². The molecule has 1 fully saturated rings. The van der Waals surface area contributed by atoms with Crippen molar-refractivity contribution in [1.82, 2.24) is 19.7 Å². The average Bonchev–Trinajstić information content (AvgIpc) is 3.25. The molecule has 0 saturated carbocycles.